The van der Waals surface area contributed by atoms with Gasteiger partial charge >= 0.3 is 0 Å². The summed E-state index contributed by atoms with van der Waals surface area (Å²) < 4.78 is 10.3. The Morgan fingerprint density at radius 3 is 2.67 bits per heavy atom. The topological polar surface area (TPSA) is 42.2 Å². The molecule has 0 aromatic heterocycles. The van der Waals surface area contributed by atoms with Gasteiger partial charge in [0.05, 0.1) is 13.7 Å². The molecule has 4 heteroatoms. The third-order valence-corrected chi connectivity index (χ3v) is 2.72. The molecule has 0 radical (unpaired) electrons. The van der Waals surface area contributed by atoms with Crippen molar-refractivity contribution in [1.29, 1.82) is 5.26 Å². The molecular formula is C11H13NO2S. The molecule has 0 aliphatic carbocycles. The molecule has 0 saturated heterocycles. The van der Waals surface area contributed by atoms with E-state index in [-0.39, 0.29) is 0 Å². The van der Waals surface area contributed by atoms with Crippen molar-refractivity contribution in [3.63, 3.8) is 0 Å². The van der Waals surface area contributed by atoms with E-state index in [0.717, 1.165) is 33.5 Å². The average molecular weight is 223 g/mol. The largest absolute Gasteiger partial charge is 0.496 e. The van der Waals surface area contributed by atoms with Gasteiger partial charge in [-0.1, -0.05) is 0 Å². The van der Waals surface area contributed by atoms with Crippen LogP contribution in [0.25, 0.3) is 0 Å². The highest BCUT2D eigenvalue weighted by Gasteiger charge is 2.08. The highest BCUT2D eigenvalue weighted by atomic mass is 32.2. The molecule has 0 aliphatic rings. The van der Waals surface area contributed by atoms with E-state index in [0.29, 0.717) is 6.61 Å². The summed E-state index contributed by atoms with van der Waals surface area (Å²) in [4.78, 5) is 0.928. The van der Waals surface area contributed by atoms with Gasteiger partial charge in [-0.3, -0.25) is 0 Å². The van der Waals surface area contributed by atoms with E-state index in [1.165, 1.54) is 0 Å². The van der Waals surface area contributed by atoms with Gasteiger partial charge in [-0.15, -0.1) is 0 Å². The van der Waals surface area contributed by atoms with Crippen molar-refractivity contribution in [2.75, 3.05) is 14.2 Å². The van der Waals surface area contributed by atoms with Gasteiger partial charge in [-0.05, 0) is 41.9 Å². The van der Waals surface area contributed by atoms with E-state index in [1.807, 2.05) is 19.1 Å². The van der Waals surface area contributed by atoms with E-state index in [9.17, 15) is 0 Å². The lowest BCUT2D eigenvalue weighted by Gasteiger charge is -2.10. The van der Waals surface area contributed by atoms with Crippen molar-refractivity contribution >= 4 is 11.8 Å². The number of ether oxygens (including phenoxy) is 2. The standard InChI is InChI=1S/C11H13NO2S/c1-8-4-11(15-7-12)9(6-13-2)5-10(8)14-3/h4-5H,6H2,1-3H3. The second kappa shape index (κ2) is 5.64. The Bertz CT molecular complexity index is 385. The van der Waals surface area contributed by atoms with Crippen LogP contribution in [0.5, 0.6) is 5.75 Å². The molecule has 0 bridgehead atoms. The maximum atomic E-state index is 8.67. The molecule has 0 unspecified atom stereocenters. The maximum Gasteiger partial charge on any atom is 0.138 e. The second-order valence-electron chi connectivity index (χ2n) is 3.06. The molecule has 0 amide bonds. The summed E-state index contributed by atoms with van der Waals surface area (Å²) in [6.07, 6.45) is 0. The van der Waals surface area contributed by atoms with Crippen molar-refractivity contribution in [2.24, 2.45) is 0 Å². The smallest absolute Gasteiger partial charge is 0.138 e. The van der Waals surface area contributed by atoms with Gasteiger partial charge in [0.25, 0.3) is 0 Å². The number of aryl methyl sites for hydroxylation is 1. The van der Waals surface area contributed by atoms with Crippen molar-refractivity contribution < 1.29 is 9.47 Å². The molecular weight excluding hydrogens is 210 g/mol. The van der Waals surface area contributed by atoms with E-state index >= 15 is 0 Å². The SMILES string of the molecule is COCc1cc(OC)c(C)cc1SC#N. The number of methoxy groups -OCH3 is 2. The number of thiocyanates is 1. The summed E-state index contributed by atoms with van der Waals surface area (Å²) in [6.45, 7) is 2.44. The third-order valence-electron chi connectivity index (χ3n) is 2.03. The van der Waals surface area contributed by atoms with E-state index in [1.54, 1.807) is 14.2 Å². The Labute approximate surface area is 94.0 Å². The minimum absolute atomic E-state index is 0.487. The van der Waals surface area contributed by atoms with Crippen LogP contribution >= 0.6 is 11.8 Å². The Hall–Kier alpha value is -1.18. The Morgan fingerprint density at radius 2 is 2.13 bits per heavy atom. The normalized spacial score (nSPS) is 9.73. The van der Waals surface area contributed by atoms with Gasteiger partial charge in [0.15, 0.2) is 0 Å². The van der Waals surface area contributed by atoms with Gasteiger partial charge in [0.2, 0.25) is 0 Å². The monoisotopic (exact) mass is 223 g/mol. The lowest BCUT2D eigenvalue weighted by molar-refractivity contribution is 0.182. The van der Waals surface area contributed by atoms with Gasteiger partial charge in [-0.25, -0.2) is 0 Å². The lowest BCUT2D eigenvalue weighted by atomic mass is 10.1. The van der Waals surface area contributed by atoms with Crippen LogP contribution in [-0.4, -0.2) is 14.2 Å². The van der Waals surface area contributed by atoms with E-state index in [2.05, 4.69) is 5.40 Å². The maximum absolute atomic E-state index is 8.67. The quantitative estimate of drug-likeness (QED) is 0.581. The van der Waals surface area contributed by atoms with E-state index < -0.39 is 0 Å². The van der Waals surface area contributed by atoms with Gasteiger partial charge < -0.3 is 9.47 Å². The minimum Gasteiger partial charge on any atom is -0.496 e. The summed E-state index contributed by atoms with van der Waals surface area (Å²) in [6, 6.07) is 3.86. The molecule has 1 rings (SSSR count). The number of thioether (sulfide) groups is 1. The van der Waals surface area contributed by atoms with Crippen LogP contribution in [0.4, 0.5) is 0 Å². The summed E-state index contributed by atoms with van der Waals surface area (Å²) in [5.41, 5.74) is 2.00. The van der Waals surface area contributed by atoms with Crippen LogP contribution in [0.2, 0.25) is 0 Å². The number of rotatable bonds is 4. The number of hydrogen-bond donors (Lipinski definition) is 0. The van der Waals surface area contributed by atoms with Crippen molar-refractivity contribution in [1.82, 2.24) is 0 Å². The number of nitriles is 1. The summed E-state index contributed by atoms with van der Waals surface area (Å²) in [5.74, 6) is 0.823. The fraction of sp³-hybridized carbons (Fsp3) is 0.364. The van der Waals surface area contributed by atoms with Crippen LogP contribution in [0.1, 0.15) is 11.1 Å². The molecule has 3 nitrogen and oxygen atoms in total. The molecule has 1 aromatic rings. The minimum atomic E-state index is 0.487. The average Bonchev–Trinajstić information content (AvgIpc) is 2.22. The highest BCUT2D eigenvalue weighted by molar-refractivity contribution is 8.03. The predicted molar refractivity (Wildman–Crippen MR) is 59.9 cm³/mol. The number of benzene rings is 1. The highest BCUT2D eigenvalue weighted by Crippen LogP contribution is 2.29. The van der Waals surface area contributed by atoms with Gasteiger partial charge in [-0.2, -0.15) is 5.26 Å². The Balaban J connectivity index is 3.14. The van der Waals surface area contributed by atoms with Crippen LogP contribution in [0.3, 0.4) is 0 Å². The van der Waals surface area contributed by atoms with Crippen molar-refractivity contribution in [2.45, 2.75) is 18.4 Å². The Kier molecular flexibility index (Phi) is 4.47. The van der Waals surface area contributed by atoms with Gasteiger partial charge in [0, 0.05) is 12.0 Å². The molecule has 0 N–H and O–H groups in total. The van der Waals surface area contributed by atoms with Gasteiger partial charge in [0.1, 0.15) is 11.2 Å². The molecule has 0 fully saturated rings. The zero-order chi connectivity index (χ0) is 11.3. The molecule has 15 heavy (non-hydrogen) atoms. The van der Waals surface area contributed by atoms with Crippen LogP contribution in [-0.2, 0) is 11.3 Å². The first-order valence-corrected chi connectivity index (χ1v) is 5.27. The fourth-order valence-electron chi connectivity index (χ4n) is 1.34. The first-order chi connectivity index (χ1) is 7.22. The lowest BCUT2D eigenvalue weighted by Crippen LogP contribution is -1.95. The number of nitrogens with zero attached hydrogens (tertiary/aromatic N) is 1. The summed E-state index contributed by atoms with van der Waals surface area (Å²) >= 11 is 1.15. The van der Waals surface area contributed by atoms with Crippen molar-refractivity contribution in [3.8, 4) is 11.2 Å². The molecule has 1 aromatic carbocycles. The second-order valence-corrected chi connectivity index (χ2v) is 3.88. The summed E-state index contributed by atoms with van der Waals surface area (Å²) in [5, 5.41) is 10.7. The Morgan fingerprint density at radius 1 is 1.40 bits per heavy atom. The molecule has 0 spiro atoms. The predicted octanol–water partition coefficient (Wildman–Crippen LogP) is 2.72. The van der Waals surface area contributed by atoms with Crippen LogP contribution < -0.4 is 4.74 Å². The van der Waals surface area contributed by atoms with Crippen LogP contribution in [0, 0.1) is 17.6 Å². The first-order valence-electron chi connectivity index (χ1n) is 4.45. The molecule has 0 saturated carbocycles. The fourth-order valence-corrected chi connectivity index (χ4v) is 1.92. The molecule has 0 heterocycles. The third kappa shape index (κ3) is 2.88. The molecule has 0 aliphatic heterocycles. The molecule has 80 valence electrons. The van der Waals surface area contributed by atoms with Crippen molar-refractivity contribution in [3.05, 3.63) is 23.3 Å². The van der Waals surface area contributed by atoms with E-state index in [4.69, 9.17) is 14.7 Å². The number of hydrogen-bond acceptors (Lipinski definition) is 4. The first kappa shape index (κ1) is 11.9. The zero-order valence-electron chi connectivity index (χ0n) is 9.03. The van der Waals surface area contributed by atoms with Crippen LogP contribution in [0.15, 0.2) is 17.0 Å². The zero-order valence-corrected chi connectivity index (χ0v) is 9.85. The summed E-state index contributed by atoms with van der Waals surface area (Å²) in [7, 11) is 3.27. The molecule has 0 atom stereocenters.